The van der Waals surface area contributed by atoms with Crippen LogP contribution in [0.3, 0.4) is 0 Å². The van der Waals surface area contributed by atoms with Gasteiger partial charge in [0.25, 0.3) is 0 Å². The van der Waals surface area contributed by atoms with Gasteiger partial charge in [0, 0.05) is 9.49 Å². The number of hydrogen-bond acceptors (Lipinski definition) is 1. The van der Waals surface area contributed by atoms with E-state index in [0.29, 0.717) is 9.49 Å². The molecule has 2 fully saturated rings. The van der Waals surface area contributed by atoms with Crippen molar-refractivity contribution in [2.45, 2.75) is 100 Å². The fourth-order valence-corrected chi connectivity index (χ4v) is 5.93. The van der Waals surface area contributed by atoms with Gasteiger partial charge in [0.2, 0.25) is 0 Å². The summed E-state index contributed by atoms with van der Waals surface area (Å²) in [6.07, 6.45) is 17.7. The second kappa shape index (κ2) is 5.99. The fourth-order valence-electron chi connectivity index (χ4n) is 3.75. The highest BCUT2D eigenvalue weighted by atomic mass is 32.2. The molecule has 2 rings (SSSR count). The molecule has 0 atom stereocenters. The first-order chi connectivity index (χ1) is 8.12. The predicted molar refractivity (Wildman–Crippen MR) is 79.8 cm³/mol. The minimum atomic E-state index is 0.593. The Bertz CT molecular complexity index is 194. The maximum atomic E-state index is 2.55. The van der Waals surface area contributed by atoms with Crippen molar-refractivity contribution in [2.24, 2.45) is 0 Å². The van der Waals surface area contributed by atoms with Crippen LogP contribution in [0.25, 0.3) is 0 Å². The van der Waals surface area contributed by atoms with Crippen molar-refractivity contribution < 1.29 is 0 Å². The van der Waals surface area contributed by atoms with E-state index in [1.54, 1.807) is 0 Å². The standard InChI is InChI=1S/C16H30S/c1-15(11-7-3-4-8-12-15)17-16(2)13-9-5-6-10-14-16/h3-14H2,1-2H3. The molecule has 0 aliphatic heterocycles. The summed E-state index contributed by atoms with van der Waals surface area (Å²) < 4.78 is 1.19. The van der Waals surface area contributed by atoms with Crippen molar-refractivity contribution in [1.82, 2.24) is 0 Å². The van der Waals surface area contributed by atoms with E-state index in [4.69, 9.17) is 0 Å². The molecule has 100 valence electrons. The third-order valence-corrected chi connectivity index (χ3v) is 6.62. The first-order valence-electron chi connectivity index (χ1n) is 7.82. The maximum absolute atomic E-state index is 2.55. The summed E-state index contributed by atoms with van der Waals surface area (Å²) in [7, 11) is 0. The minimum absolute atomic E-state index is 0.593. The molecule has 0 N–H and O–H groups in total. The Kier molecular flexibility index (Phi) is 4.86. The van der Waals surface area contributed by atoms with Crippen LogP contribution in [0.2, 0.25) is 0 Å². The SMILES string of the molecule is CC1(SC2(C)CCCCCC2)CCCCCC1. The Morgan fingerprint density at radius 3 is 1.12 bits per heavy atom. The van der Waals surface area contributed by atoms with Crippen molar-refractivity contribution in [1.29, 1.82) is 0 Å². The monoisotopic (exact) mass is 254 g/mol. The van der Waals surface area contributed by atoms with Crippen LogP contribution in [0.4, 0.5) is 0 Å². The zero-order valence-corrected chi connectivity index (χ0v) is 12.7. The molecule has 0 aromatic heterocycles. The van der Waals surface area contributed by atoms with Gasteiger partial charge in [-0.05, 0) is 25.7 Å². The highest BCUT2D eigenvalue weighted by molar-refractivity contribution is 8.01. The average Bonchev–Trinajstić information content (AvgIpc) is 2.59. The van der Waals surface area contributed by atoms with Crippen LogP contribution in [-0.2, 0) is 0 Å². The lowest BCUT2D eigenvalue weighted by molar-refractivity contribution is 0.511. The van der Waals surface area contributed by atoms with Crippen molar-refractivity contribution in [2.75, 3.05) is 0 Å². The summed E-state index contributed by atoms with van der Waals surface area (Å²) in [5.74, 6) is 0. The lowest BCUT2D eigenvalue weighted by Gasteiger charge is -2.38. The highest BCUT2D eigenvalue weighted by Gasteiger charge is 2.36. The summed E-state index contributed by atoms with van der Waals surface area (Å²) >= 11 is 2.37. The van der Waals surface area contributed by atoms with Crippen LogP contribution in [0.5, 0.6) is 0 Å². The molecule has 2 aliphatic carbocycles. The molecule has 0 bridgehead atoms. The van der Waals surface area contributed by atoms with E-state index >= 15 is 0 Å². The number of thioether (sulfide) groups is 1. The third kappa shape index (κ3) is 4.19. The van der Waals surface area contributed by atoms with E-state index in [1.807, 2.05) is 0 Å². The summed E-state index contributed by atoms with van der Waals surface area (Å²) in [5.41, 5.74) is 0. The molecule has 0 unspecified atom stereocenters. The van der Waals surface area contributed by atoms with Gasteiger partial charge in [-0.15, -0.1) is 11.8 Å². The first-order valence-corrected chi connectivity index (χ1v) is 8.64. The molecular formula is C16H30S. The van der Waals surface area contributed by atoms with Crippen molar-refractivity contribution >= 4 is 11.8 Å². The Morgan fingerprint density at radius 1 is 0.529 bits per heavy atom. The van der Waals surface area contributed by atoms with Crippen molar-refractivity contribution in [3.05, 3.63) is 0 Å². The Hall–Kier alpha value is 0.350. The zero-order chi connectivity index (χ0) is 12.2. The van der Waals surface area contributed by atoms with Gasteiger partial charge in [0.15, 0.2) is 0 Å². The summed E-state index contributed by atoms with van der Waals surface area (Å²) in [5, 5.41) is 0. The molecule has 2 aliphatic rings. The van der Waals surface area contributed by atoms with Crippen LogP contribution in [0, 0.1) is 0 Å². The van der Waals surface area contributed by atoms with Gasteiger partial charge in [-0.3, -0.25) is 0 Å². The molecule has 0 nitrogen and oxygen atoms in total. The van der Waals surface area contributed by atoms with Gasteiger partial charge in [-0.25, -0.2) is 0 Å². The smallest absolute Gasteiger partial charge is 0.0137 e. The van der Waals surface area contributed by atoms with Crippen LogP contribution >= 0.6 is 11.8 Å². The van der Waals surface area contributed by atoms with E-state index in [-0.39, 0.29) is 0 Å². The molecule has 0 aromatic carbocycles. The lowest BCUT2D eigenvalue weighted by atomic mass is 10.0. The van der Waals surface area contributed by atoms with Crippen molar-refractivity contribution in [3.8, 4) is 0 Å². The van der Waals surface area contributed by atoms with Crippen LogP contribution in [-0.4, -0.2) is 9.49 Å². The van der Waals surface area contributed by atoms with Crippen LogP contribution in [0.15, 0.2) is 0 Å². The predicted octanol–water partition coefficient (Wildman–Crippen LogP) is 5.95. The molecule has 0 amide bonds. The van der Waals surface area contributed by atoms with E-state index in [1.165, 1.54) is 77.0 Å². The van der Waals surface area contributed by atoms with E-state index in [9.17, 15) is 0 Å². The van der Waals surface area contributed by atoms with Gasteiger partial charge in [0.05, 0.1) is 0 Å². The average molecular weight is 254 g/mol. The van der Waals surface area contributed by atoms with Gasteiger partial charge in [-0.1, -0.05) is 65.2 Å². The number of rotatable bonds is 2. The Labute approximate surface area is 112 Å². The third-order valence-electron chi connectivity index (χ3n) is 4.82. The molecule has 0 heterocycles. The quantitative estimate of drug-likeness (QED) is 0.549. The highest BCUT2D eigenvalue weighted by Crippen LogP contribution is 2.49. The van der Waals surface area contributed by atoms with Crippen molar-refractivity contribution in [3.63, 3.8) is 0 Å². The van der Waals surface area contributed by atoms with Gasteiger partial charge in [-0.2, -0.15) is 0 Å². The topological polar surface area (TPSA) is 0 Å². The first kappa shape index (κ1) is 13.8. The van der Waals surface area contributed by atoms with Gasteiger partial charge >= 0.3 is 0 Å². The van der Waals surface area contributed by atoms with E-state index in [2.05, 4.69) is 25.6 Å². The molecule has 0 radical (unpaired) electrons. The molecule has 0 aromatic rings. The second-order valence-electron chi connectivity index (χ2n) is 6.83. The summed E-state index contributed by atoms with van der Waals surface area (Å²) in [4.78, 5) is 0. The lowest BCUT2D eigenvalue weighted by Crippen LogP contribution is -2.30. The van der Waals surface area contributed by atoms with E-state index in [0.717, 1.165) is 0 Å². The minimum Gasteiger partial charge on any atom is -0.149 e. The van der Waals surface area contributed by atoms with Gasteiger partial charge in [0.1, 0.15) is 0 Å². The fraction of sp³-hybridized carbons (Fsp3) is 1.00. The Balaban J connectivity index is 1.96. The molecule has 0 spiro atoms. The molecule has 0 saturated heterocycles. The number of hydrogen-bond donors (Lipinski definition) is 0. The second-order valence-corrected chi connectivity index (χ2v) is 9.01. The molecule has 1 heteroatoms. The van der Waals surface area contributed by atoms with Gasteiger partial charge < -0.3 is 0 Å². The zero-order valence-electron chi connectivity index (χ0n) is 11.9. The van der Waals surface area contributed by atoms with Crippen LogP contribution < -0.4 is 0 Å². The molecule has 2 saturated carbocycles. The Morgan fingerprint density at radius 2 is 0.824 bits per heavy atom. The summed E-state index contributed by atoms with van der Waals surface area (Å²) in [6, 6.07) is 0. The normalized spacial score (nSPS) is 29.3. The maximum Gasteiger partial charge on any atom is 0.0137 e. The van der Waals surface area contributed by atoms with E-state index < -0.39 is 0 Å². The molecule has 17 heavy (non-hydrogen) atoms. The van der Waals surface area contributed by atoms with Crippen LogP contribution in [0.1, 0.15) is 90.9 Å². The summed E-state index contributed by atoms with van der Waals surface area (Å²) in [6.45, 7) is 5.11. The molecular weight excluding hydrogens is 224 g/mol. The largest absolute Gasteiger partial charge is 0.149 e.